The molecule has 1 aromatic carbocycles. The van der Waals surface area contributed by atoms with Gasteiger partial charge in [0.15, 0.2) is 0 Å². The van der Waals surface area contributed by atoms with Crippen molar-refractivity contribution >= 4 is 10.9 Å². The minimum absolute atomic E-state index is 0.757. The Balaban J connectivity index is 2.14. The molecular formula is C16H24N2O. The number of nitrogens with zero attached hydrogens (tertiary/aromatic N) is 1. The average molecular weight is 260 g/mol. The SMILES string of the molecule is CCCCn1ccc2cccc(CNCCOC)c21. The van der Waals surface area contributed by atoms with Crippen LogP contribution in [0.3, 0.4) is 0 Å². The number of hydrogen-bond acceptors (Lipinski definition) is 2. The number of aryl methyl sites for hydroxylation is 1. The third-order valence-electron chi connectivity index (χ3n) is 3.42. The molecular weight excluding hydrogens is 236 g/mol. The highest BCUT2D eigenvalue weighted by Crippen LogP contribution is 2.21. The first-order valence-electron chi connectivity index (χ1n) is 7.13. The lowest BCUT2D eigenvalue weighted by molar-refractivity contribution is 0.199. The van der Waals surface area contributed by atoms with Gasteiger partial charge in [-0.15, -0.1) is 0 Å². The van der Waals surface area contributed by atoms with Crippen molar-refractivity contribution in [2.75, 3.05) is 20.3 Å². The Morgan fingerprint density at radius 3 is 2.95 bits per heavy atom. The maximum Gasteiger partial charge on any atom is 0.0587 e. The lowest BCUT2D eigenvalue weighted by Crippen LogP contribution is -2.19. The van der Waals surface area contributed by atoms with Crippen molar-refractivity contribution < 1.29 is 4.74 Å². The van der Waals surface area contributed by atoms with E-state index in [4.69, 9.17) is 4.74 Å². The van der Waals surface area contributed by atoms with Crippen LogP contribution in [0.15, 0.2) is 30.5 Å². The predicted octanol–water partition coefficient (Wildman–Crippen LogP) is 3.18. The average Bonchev–Trinajstić information content (AvgIpc) is 2.85. The van der Waals surface area contributed by atoms with Gasteiger partial charge in [0.2, 0.25) is 0 Å². The van der Waals surface area contributed by atoms with Gasteiger partial charge in [-0.3, -0.25) is 0 Å². The molecule has 0 atom stereocenters. The molecule has 0 saturated heterocycles. The molecule has 0 aliphatic rings. The molecule has 3 heteroatoms. The zero-order valence-corrected chi connectivity index (χ0v) is 12.0. The minimum Gasteiger partial charge on any atom is -0.383 e. The van der Waals surface area contributed by atoms with Gasteiger partial charge < -0.3 is 14.6 Å². The van der Waals surface area contributed by atoms with Crippen LogP contribution in [-0.2, 0) is 17.8 Å². The summed E-state index contributed by atoms with van der Waals surface area (Å²) in [7, 11) is 1.73. The maximum absolute atomic E-state index is 5.06. The molecule has 0 spiro atoms. The monoisotopic (exact) mass is 260 g/mol. The van der Waals surface area contributed by atoms with Crippen LogP contribution in [0.1, 0.15) is 25.3 Å². The number of methoxy groups -OCH3 is 1. The number of aromatic nitrogens is 1. The van der Waals surface area contributed by atoms with Gasteiger partial charge in [-0.25, -0.2) is 0 Å². The number of unbranched alkanes of at least 4 members (excludes halogenated alkanes) is 1. The van der Waals surface area contributed by atoms with Crippen molar-refractivity contribution in [1.82, 2.24) is 9.88 Å². The third-order valence-corrected chi connectivity index (χ3v) is 3.42. The highest BCUT2D eigenvalue weighted by molar-refractivity contribution is 5.83. The molecule has 0 amide bonds. The molecule has 0 aliphatic carbocycles. The van der Waals surface area contributed by atoms with Gasteiger partial charge >= 0.3 is 0 Å². The smallest absolute Gasteiger partial charge is 0.0587 e. The number of hydrogen-bond donors (Lipinski definition) is 1. The van der Waals surface area contributed by atoms with E-state index in [-0.39, 0.29) is 0 Å². The number of fused-ring (bicyclic) bond motifs is 1. The van der Waals surface area contributed by atoms with Crippen molar-refractivity contribution in [3.8, 4) is 0 Å². The second kappa shape index (κ2) is 7.31. The van der Waals surface area contributed by atoms with Crippen LogP contribution < -0.4 is 5.32 Å². The van der Waals surface area contributed by atoms with Crippen LogP contribution in [0.5, 0.6) is 0 Å². The van der Waals surface area contributed by atoms with E-state index in [9.17, 15) is 0 Å². The third kappa shape index (κ3) is 3.58. The largest absolute Gasteiger partial charge is 0.383 e. The van der Waals surface area contributed by atoms with Crippen LogP contribution in [0.2, 0.25) is 0 Å². The Morgan fingerprint density at radius 2 is 2.16 bits per heavy atom. The number of rotatable bonds is 8. The summed E-state index contributed by atoms with van der Waals surface area (Å²) in [4.78, 5) is 0. The first-order chi connectivity index (χ1) is 9.36. The Kier molecular flexibility index (Phi) is 5.43. The first kappa shape index (κ1) is 14.1. The van der Waals surface area contributed by atoms with E-state index in [0.29, 0.717) is 0 Å². The van der Waals surface area contributed by atoms with E-state index in [1.165, 1.54) is 29.3 Å². The number of ether oxygens (including phenoxy) is 1. The molecule has 2 rings (SSSR count). The molecule has 1 heterocycles. The lowest BCUT2D eigenvalue weighted by atomic mass is 10.1. The van der Waals surface area contributed by atoms with Crippen molar-refractivity contribution in [3.63, 3.8) is 0 Å². The van der Waals surface area contributed by atoms with E-state index < -0.39 is 0 Å². The molecule has 0 bridgehead atoms. The van der Waals surface area contributed by atoms with Crippen LogP contribution in [0.4, 0.5) is 0 Å². The Labute approximate surface area is 115 Å². The standard InChI is InChI=1S/C16H24N2O/c1-3-4-10-18-11-8-14-6-5-7-15(16(14)18)13-17-9-12-19-2/h5-8,11,17H,3-4,9-10,12-13H2,1-2H3. The van der Waals surface area contributed by atoms with Gasteiger partial charge in [0, 0.05) is 32.9 Å². The van der Waals surface area contributed by atoms with Crippen LogP contribution in [0, 0.1) is 0 Å². The maximum atomic E-state index is 5.06. The van der Waals surface area contributed by atoms with Crippen molar-refractivity contribution in [3.05, 3.63) is 36.0 Å². The molecule has 0 saturated carbocycles. The highest BCUT2D eigenvalue weighted by atomic mass is 16.5. The predicted molar refractivity (Wildman–Crippen MR) is 80.4 cm³/mol. The number of nitrogens with one attached hydrogen (secondary N) is 1. The minimum atomic E-state index is 0.757. The summed E-state index contributed by atoms with van der Waals surface area (Å²) in [5.41, 5.74) is 2.75. The zero-order chi connectivity index (χ0) is 13.5. The molecule has 0 aliphatic heterocycles. The molecule has 104 valence electrons. The number of benzene rings is 1. The van der Waals surface area contributed by atoms with Crippen LogP contribution in [-0.4, -0.2) is 24.8 Å². The van der Waals surface area contributed by atoms with Gasteiger partial charge in [0.1, 0.15) is 0 Å². The fraction of sp³-hybridized carbons (Fsp3) is 0.500. The molecule has 1 aromatic heterocycles. The van der Waals surface area contributed by atoms with E-state index in [2.05, 4.69) is 47.3 Å². The topological polar surface area (TPSA) is 26.2 Å². The molecule has 0 fully saturated rings. The van der Waals surface area contributed by atoms with Crippen molar-refractivity contribution in [1.29, 1.82) is 0 Å². The Hall–Kier alpha value is -1.32. The summed E-state index contributed by atoms with van der Waals surface area (Å²) >= 11 is 0. The van der Waals surface area contributed by atoms with Gasteiger partial charge in [-0.2, -0.15) is 0 Å². The van der Waals surface area contributed by atoms with Gasteiger partial charge in [0.25, 0.3) is 0 Å². The lowest BCUT2D eigenvalue weighted by Gasteiger charge is -2.10. The van der Waals surface area contributed by atoms with Gasteiger partial charge in [-0.05, 0) is 23.4 Å². The highest BCUT2D eigenvalue weighted by Gasteiger charge is 2.05. The van der Waals surface area contributed by atoms with E-state index >= 15 is 0 Å². The second-order valence-corrected chi connectivity index (χ2v) is 4.89. The zero-order valence-electron chi connectivity index (χ0n) is 12.0. The molecule has 0 radical (unpaired) electrons. The first-order valence-corrected chi connectivity index (χ1v) is 7.13. The van der Waals surface area contributed by atoms with Crippen LogP contribution in [0.25, 0.3) is 10.9 Å². The van der Waals surface area contributed by atoms with E-state index in [0.717, 1.165) is 26.2 Å². The fourth-order valence-corrected chi connectivity index (χ4v) is 2.40. The van der Waals surface area contributed by atoms with E-state index in [1.54, 1.807) is 7.11 Å². The fourth-order valence-electron chi connectivity index (χ4n) is 2.40. The van der Waals surface area contributed by atoms with Crippen molar-refractivity contribution in [2.45, 2.75) is 32.9 Å². The second-order valence-electron chi connectivity index (χ2n) is 4.89. The van der Waals surface area contributed by atoms with E-state index in [1.807, 2.05) is 0 Å². The van der Waals surface area contributed by atoms with Gasteiger partial charge in [0.05, 0.1) is 12.1 Å². The molecule has 0 unspecified atom stereocenters. The molecule has 19 heavy (non-hydrogen) atoms. The molecule has 1 N–H and O–H groups in total. The summed E-state index contributed by atoms with van der Waals surface area (Å²) in [5.74, 6) is 0. The summed E-state index contributed by atoms with van der Waals surface area (Å²) in [6.45, 7) is 5.89. The summed E-state index contributed by atoms with van der Waals surface area (Å²) in [6.07, 6.45) is 4.67. The molecule has 3 nitrogen and oxygen atoms in total. The normalized spacial score (nSPS) is 11.3. The van der Waals surface area contributed by atoms with Crippen LogP contribution >= 0.6 is 0 Å². The summed E-state index contributed by atoms with van der Waals surface area (Å²) in [6, 6.07) is 8.75. The Morgan fingerprint density at radius 1 is 1.26 bits per heavy atom. The Bertz CT molecular complexity index is 504. The summed E-state index contributed by atoms with van der Waals surface area (Å²) in [5, 5.41) is 4.76. The van der Waals surface area contributed by atoms with Crippen molar-refractivity contribution in [2.24, 2.45) is 0 Å². The quantitative estimate of drug-likeness (QED) is 0.738. The van der Waals surface area contributed by atoms with Gasteiger partial charge in [-0.1, -0.05) is 31.5 Å². The molecule has 2 aromatic rings. The summed E-state index contributed by atoms with van der Waals surface area (Å²) < 4.78 is 7.44. The number of para-hydroxylation sites is 1.